The number of benzene rings is 1. The minimum atomic E-state index is 0.253. The van der Waals surface area contributed by atoms with E-state index >= 15 is 0 Å². The van der Waals surface area contributed by atoms with E-state index in [0.717, 1.165) is 30.9 Å². The van der Waals surface area contributed by atoms with Crippen molar-refractivity contribution in [1.29, 1.82) is 0 Å². The quantitative estimate of drug-likeness (QED) is 0.649. The molecule has 96 valence electrons. The number of rotatable bonds is 8. The van der Waals surface area contributed by atoms with Gasteiger partial charge in [-0.1, -0.05) is 19.8 Å². The molecule has 0 spiro atoms. The van der Waals surface area contributed by atoms with Crippen LogP contribution < -0.4 is 16.4 Å². The van der Waals surface area contributed by atoms with Crippen molar-refractivity contribution in [2.75, 3.05) is 23.7 Å². The van der Waals surface area contributed by atoms with Gasteiger partial charge in [0.2, 0.25) is 0 Å². The van der Waals surface area contributed by atoms with Crippen LogP contribution in [0.15, 0.2) is 24.3 Å². The summed E-state index contributed by atoms with van der Waals surface area (Å²) in [5, 5.41) is 6.64. The fraction of sp³-hybridized carbons (Fsp3) is 0.571. The summed E-state index contributed by atoms with van der Waals surface area (Å²) in [7, 11) is 0. The molecule has 0 fully saturated rings. The molecule has 0 aliphatic carbocycles. The van der Waals surface area contributed by atoms with Crippen molar-refractivity contribution in [3.63, 3.8) is 0 Å². The van der Waals surface area contributed by atoms with Gasteiger partial charge in [-0.2, -0.15) is 0 Å². The van der Waals surface area contributed by atoms with Gasteiger partial charge in [-0.3, -0.25) is 0 Å². The van der Waals surface area contributed by atoms with E-state index in [1.807, 2.05) is 0 Å². The summed E-state index contributed by atoms with van der Waals surface area (Å²) in [5.41, 5.74) is 8.31. The third-order valence-corrected chi connectivity index (χ3v) is 2.76. The molecule has 3 nitrogen and oxygen atoms in total. The van der Waals surface area contributed by atoms with E-state index in [2.05, 4.69) is 48.7 Å². The van der Waals surface area contributed by atoms with Crippen molar-refractivity contribution in [2.45, 2.75) is 39.2 Å². The molecule has 1 rings (SSSR count). The highest BCUT2D eigenvalue weighted by Crippen LogP contribution is 2.13. The molecule has 4 N–H and O–H groups in total. The molecule has 0 aliphatic heterocycles. The van der Waals surface area contributed by atoms with Gasteiger partial charge in [0, 0.05) is 30.5 Å². The zero-order valence-electron chi connectivity index (χ0n) is 11.0. The first-order valence-corrected chi connectivity index (χ1v) is 6.59. The zero-order chi connectivity index (χ0) is 12.5. The Bertz CT molecular complexity index is 295. The first-order chi connectivity index (χ1) is 8.26. The summed E-state index contributed by atoms with van der Waals surface area (Å²) in [6.45, 7) is 6.09. The van der Waals surface area contributed by atoms with Gasteiger partial charge in [-0.15, -0.1) is 0 Å². The summed E-state index contributed by atoms with van der Waals surface area (Å²) in [4.78, 5) is 0. The molecule has 1 aromatic rings. The Labute approximate surface area is 105 Å². The van der Waals surface area contributed by atoms with Crippen LogP contribution in [0.4, 0.5) is 11.4 Å². The van der Waals surface area contributed by atoms with E-state index in [0.29, 0.717) is 0 Å². The predicted molar refractivity (Wildman–Crippen MR) is 76.6 cm³/mol. The average Bonchev–Trinajstić information content (AvgIpc) is 2.36. The molecule has 0 bridgehead atoms. The zero-order valence-corrected chi connectivity index (χ0v) is 11.0. The summed E-state index contributed by atoms with van der Waals surface area (Å²) in [6, 6.07) is 8.60. The number of nitrogens with two attached hydrogens (primary N) is 1. The molecule has 1 aromatic carbocycles. The number of nitrogens with one attached hydrogen (secondary N) is 2. The highest BCUT2D eigenvalue weighted by Gasteiger charge is 2.01. The highest BCUT2D eigenvalue weighted by atomic mass is 14.9. The smallest absolute Gasteiger partial charge is 0.0342 e. The Morgan fingerprint density at radius 2 is 1.65 bits per heavy atom. The van der Waals surface area contributed by atoms with Crippen LogP contribution >= 0.6 is 0 Å². The van der Waals surface area contributed by atoms with E-state index in [4.69, 9.17) is 5.73 Å². The lowest BCUT2D eigenvalue weighted by atomic mass is 10.1. The standard InChI is InChI=1S/C14H25N3/c1-3-5-6-12(15)11-17-14-9-7-13(8-10-14)16-4-2/h7-10,12,16-17H,3-6,11,15H2,1-2H3. The molecule has 0 heterocycles. The summed E-state index contributed by atoms with van der Waals surface area (Å²) >= 11 is 0. The Kier molecular flexibility index (Phi) is 6.48. The van der Waals surface area contributed by atoms with Crippen LogP contribution in [0.2, 0.25) is 0 Å². The van der Waals surface area contributed by atoms with E-state index in [1.54, 1.807) is 0 Å². The van der Waals surface area contributed by atoms with Crippen LogP contribution in [0.5, 0.6) is 0 Å². The lowest BCUT2D eigenvalue weighted by Crippen LogP contribution is -2.28. The number of anilines is 2. The lowest BCUT2D eigenvalue weighted by Gasteiger charge is -2.13. The minimum Gasteiger partial charge on any atom is -0.385 e. The van der Waals surface area contributed by atoms with Crippen LogP contribution in [0.25, 0.3) is 0 Å². The van der Waals surface area contributed by atoms with Crippen molar-refractivity contribution in [3.8, 4) is 0 Å². The van der Waals surface area contributed by atoms with Gasteiger partial charge < -0.3 is 16.4 Å². The van der Waals surface area contributed by atoms with Gasteiger partial charge in [0.25, 0.3) is 0 Å². The van der Waals surface area contributed by atoms with Gasteiger partial charge in [-0.25, -0.2) is 0 Å². The molecular weight excluding hydrogens is 210 g/mol. The van der Waals surface area contributed by atoms with E-state index in [-0.39, 0.29) is 6.04 Å². The van der Waals surface area contributed by atoms with Crippen LogP contribution in [0.1, 0.15) is 33.1 Å². The van der Waals surface area contributed by atoms with Gasteiger partial charge in [0.15, 0.2) is 0 Å². The minimum absolute atomic E-state index is 0.253. The van der Waals surface area contributed by atoms with Gasteiger partial charge in [0.05, 0.1) is 0 Å². The van der Waals surface area contributed by atoms with E-state index < -0.39 is 0 Å². The molecule has 0 amide bonds. The average molecular weight is 235 g/mol. The second-order valence-electron chi connectivity index (χ2n) is 4.39. The Hall–Kier alpha value is -1.22. The molecule has 0 saturated heterocycles. The van der Waals surface area contributed by atoms with Crippen molar-refractivity contribution in [1.82, 2.24) is 0 Å². The van der Waals surface area contributed by atoms with Crippen molar-refractivity contribution < 1.29 is 0 Å². The van der Waals surface area contributed by atoms with Crippen LogP contribution in [0, 0.1) is 0 Å². The van der Waals surface area contributed by atoms with Gasteiger partial charge in [-0.05, 0) is 37.6 Å². The summed E-state index contributed by atoms with van der Waals surface area (Å²) in [6.07, 6.45) is 3.52. The SMILES string of the molecule is CCCCC(N)CNc1ccc(NCC)cc1. The highest BCUT2D eigenvalue weighted by molar-refractivity contribution is 5.53. The second kappa shape index (κ2) is 7.96. The van der Waals surface area contributed by atoms with Crippen LogP contribution in [-0.4, -0.2) is 19.1 Å². The molecule has 0 aromatic heterocycles. The molecule has 1 unspecified atom stereocenters. The van der Waals surface area contributed by atoms with Gasteiger partial charge >= 0.3 is 0 Å². The summed E-state index contributed by atoms with van der Waals surface area (Å²) in [5.74, 6) is 0. The Balaban J connectivity index is 2.31. The largest absolute Gasteiger partial charge is 0.385 e. The summed E-state index contributed by atoms with van der Waals surface area (Å²) < 4.78 is 0. The number of hydrogen-bond donors (Lipinski definition) is 3. The predicted octanol–water partition coefficient (Wildman–Crippen LogP) is 3.05. The Morgan fingerprint density at radius 1 is 1.06 bits per heavy atom. The second-order valence-corrected chi connectivity index (χ2v) is 4.39. The number of hydrogen-bond acceptors (Lipinski definition) is 3. The van der Waals surface area contributed by atoms with Crippen LogP contribution in [-0.2, 0) is 0 Å². The monoisotopic (exact) mass is 235 g/mol. The van der Waals surface area contributed by atoms with E-state index in [1.165, 1.54) is 12.8 Å². The topological polar surface area (TPSA) is 50.1 Å². The third kappa shape index (κ3) is 5.59. The molecule has 0 saturated carbocycles. The maximum absolute atomic E-state index is 6.01. The maximum Gasteiger partial charge on any atom is 0.0342 e. The molecular formula is C14H25N3. The fourth-order valence-corrected chi connectivity index (χ4v) is 1.73. The van der Waals surface area contributed by atoms with Gasteiger partial charge in [0.1, 0.15) is 0 Å². The van der Waals surface area contributed by atoms with Crippen molar-refractivity contribution in [2.24, 2.45) is 5.73 Å². The lowest BCUT2D eigenvalue weighted by molar-refractivity contribution is 0.596. The first-order valence-electron chi connectivity index (χ1n) is 6.59. The van der Waals surface area contributed by atoms with Crippen LogP contribution in [0.3, 0.4) is 0 Å². The molecule has 0 aliphatic rings. The molecule has 0 radical (unpaired) electrons. The fourth-order valence-electron chi connectivity index (χ4n) is 1.73. The van der Waals surface area contributed by atoms with Crippen molar-refractivity contribution in [3.05, 3.63) is 24.3 Å². The molecule has 3 heteroatoms. The Morgan fingerprint density at radius 3 is 2.18 bits per heavy atom. The molecule has 17 heavy (non-hydrogen) atoms. The normalized spacial score (nSPS) is 12.2. The third-order valence-electron chi connectivity index (χ3n) is 2.76. The van der Waals surface area contributed by atoms with Crippen molar-refractivity contribution >= 4 is 11.4 Å². The first kappa shape index (κ1) is 13.8. The maximum atomic E-state index is 6.01. The number of unbranched alkanes of at least 4 members (excludes halogenated alkanes) is 1. The van der Waals surface area contributed by atoms with E-state index in [9.17, 15) is 0 Å². The molecule has 1 atom stereocenters.